The van der Waals surface area contributed by atoms with Crippen molar-refractivity contribution < 1.29 is 4.39 Å². The summed E-state index contributed by atoms with van der Waals surface area (Å²) in [6, 6.07) is 3.36. The van der Waals surface area contributed by atoms with Gasteiger partial charge >= 0.3 is 0 Å². The number of nitrogens with one attached hydrogen (secondary N) is 2. The lowest BCUT2D eigenvalue weighted by Gasteiger charge is -2.16. The third-order valence-corrected chi connectivity index (χ3v) is 4.22. The number of fused-ring (bicyclic) bond motifs is 1. The Morgan fingerprint density at radius 3 is 3.00 bits per heavy atom. The van der Waals surface area contributed by atoms with Crippen LogP contribution < -0.4 is 10.6 Å². The number of rotatable bonds is 3. The first-order valence-electron chi connectivity index (χ1n) is 7.63. The molecule has 1 saturated heterocycles. The lowest BCUT2D eigenvalue weighted by molar-refractivity contribution is 0.593. The van der Waals surface area contributed by atoms with Crippen LogP contribution in [0.2, 0.25) is 0 Å². The van der Waals surface area contributed by atoms with Crippen molar-refractivity contribution in [3.63, 3.8) is 0 Å². The fourth-order valence-corrected chi connectivity index (χ4v) is 2.90. The number of aromatic nitrogens is 4. The molecule has 3 aromatic rings. The molecule has 1 aliphatic heterocycles. The molecule has 2 N–H and O–H groups in total. The molecule has 0 bridgehead atoms. The van der Waals surface area contributed by atoms with Crippen molar-refractivity contribution in [1.82, 2.24) is 24.7 Å². The minimum absolute atomic E-state index is 0.315. The van der Waals surface area contributed by atoms with E-state index in [1.165, 1.54) is 12.3 Å². The van der Waals surface area contributed by atoms with Crippen LogP contribution in [0.3, 0.4) is 0 Å². The van der Waals surface area contributed by atoms with E-state index in [1.54, 1.807) is 29.1 Å². The summed E-state index contributed by atoms with van der Waals surface area (Å²) in [5, 5.41) is 6.76. The molecular weight excluding hydrogens is 295 g/mol. The largest absolute Gasteiger partial charge is 0.364 e. The van der Waals surface area contributed by atoms with E-state index in [0.717, 1.165) is 18.9 Å². The Morgan fingerprint density at radius 2 is 2.17 bits per heavy atom. The van der Waals surface area contributed by atoms with E-state index in [-0.39, 0.29) is 5.82 Å². The quantitative estimate of drug-likeness (QED) is 0.774. The van der Waals surface area contributed by atoms with Crippen molar-refractivity contribution in [2.24, 2.45) is 5.92 Å². The van der Waals surface area contributed by atoms with E-state index >= 15 is 0 Å². The predicted molar refractivity (Wildman–Crippen MR) is 85.6 cm³/mol. The highest BCUT2D eigenvalue weighted by Crippen LogP contribution is 2.21. The molecule has 0 amide bonds. The van der Waals surface area contributed by atoms with Crippen LogP contribution in [0.5, 0.6) is 0 Å². The van der Waals surface area contributed by atoms with Gasteiger partial charge in [0.15, 0.2) is 0 Å². The summed E-state index contributed by atoms with van der Waals surface area (Å²) in [5.41, 5.74) is 2.05. The summed E-state index contributed by atoms with van der Waals surface area (Å²) in [6.07, 6.45) is 6.46. The van der Waals surface area contributed by atoms with Crippen molar-refractivity contribution in [3.8, 4) is 11.4 Å². The monoisotopic (exact) mass is 312 g/mol. The second-order valence-corrected chi connectivity index (χ2v) is 5.89. The van der Waals surface area contributed by atoms with Crippen LogP contribution in [0.1, 0.15) is 6.92 Å². The van der Waals surface area contributed by atoms with Crippen LogP contribution in [-0.4, -0.2) is 38.5 Å². The summed E-state index contributed by atoms with van der Waals surface area (Å²) in [7, 11) is 0. The van der Waals surface area contributed by atoms with Gasteiger partial charge in [0.2, 0.25) is 0 Å². The molecule has 23 heavy (non-hydrogen) atoms. The molecule has 0 aliphatic carbocycles. The minimum atomic E-state index is -0.315. The van der Waals surface area contributed by atoms with Gasteiger partial charge in [0, 0.05) is 18.8 Å². The normalized spacial score (nSPS) is 21.0. The first-order valence-corrected chi connectivity index (χ1v) is 7.63. The summed E-state index contributed by atoms with van der Waals surface area (Å²) in [5.74, 6) is 0.935. The number of nitrogens with zero attached hydrogens (tertiary/aromatic N) is 4. The van der Waals surface area contributed by atoms with E-state index in [2.05, 4.69) is 32.5 Å². The second kappa shape index (κ2) is 5.58. The van der Waals surface area contributed by atoms with Crippen LogP contribution in [0.25, 0.3) is 17.0 Å². The molecule has 0 spiro atoms. The van der Waals surface area contributed by atoms with Gasteiger partial charge in [-0.3, -0.25) is 9.38 Å². The van der Waals surface area contributed by atoms with E-state index in [9.17, 15) is 4.39 Å². The Hall–Kier alpha value is -2.54. The molecule has 0 radical (unpaired) electrons. The van der Waals surface area contributed by atoms with Crippen molar-refractivity contribution in [2.75, 3.05) is 18.4 Å². The smallest absolute Gasteiger partial charge is 0.145 e. The topological polar surface area (TPSA) is 67.1 Å². The van der Waals surface area contributed by atoms with Gasteiger partial charge in [0.05, 0.1) is 24.3 Å². The van der Waals surface area contributed by atoms with E-state index in [1.807, 2.05) is 0 Å². The number of anilines is 1. The molecule has 0 unspecified atom stereocenters. The standard InChI is InChI=1S/C16H17FN6/c1-10-4-18-5-12(10)21-15-8-19-6-13(22-15)14-7-20-16-3-2-11(17)9-23(14)16/h2-3,6-10,12,18H,4-5H2,1H3,(H,21,22)/t10-,12+/m0/s1. The lowest BCUT2D eigenvalue weighted by atomic mass is 10.1. The van der Waals surface area contributed by atoms with Gasteiger partial charge in [-0.1, -0.05) is 6.92 Å². The van der Waals surface area contributed by atoms with Gasteiger partial charge < -0.3 is 10.6 Å². The zero-order valence-electron chi connectivity index (χ0n) is 12.7. The molecule has 3 aromatic heterocycles. The van der Waals surface area contributed by atoms with Crippen molar-refractivity contribution >= 4 is 11.5 Å². The van der Waals surface area contributed by atoms with Gasteiger partial charge in [-0.15, -0.1) is 0 Å². The van der Waals surface area contributed by atoms with Crippen LogP contribution in [-0.2, 0) is 0 Å². The Kier molecular flexibility index (Phi) is 3.42. The van der Waals surface area contributed by atoms with Gasteiger partial charge in [0.1, 0.15) is 23.0 Å². The Labute approximate surface area is 132 Å². The van der Waals surface area contributed by atoms with Crippen molar-refractivity contribution in [2.45, 2.75) is 13.0 Å². The summed E-state index contributed by atoms with van der Waals surface area (Å²) < 4.78 is 15.2. The summed E-state index contributed by atoms with van der Waals surface area (Å²) in [6.45, 7) is 4.10. The number of imidazole rings is 1. The van der Waals surface area contributed by atoms with Gasteiger partial charge in [-0.25, -0.2) is 14.4 Å². The molecular formula is C16H17FN6. The second-order valence-electron chi connectivity index (χ2n) is 5.89. The van der Waals surface area contributed by atoms with Crippen molar-refractivity contribution in [3.05, 3.63) is 42.7 Å². The lowest BCUT2D eigenvalue weighted by Crippen LogP contribution is -2.27. The Balaban J connectivity index is 1.68. The minimum Gasteiger partial charge on any atom is -0.364 e. The fraction of sp³-hybridized carbons (Fsp3) is 0.312. The highest BCUT2D eigenvalue weighted by atomic mass is 19.1. The number of hydrogen-bond donors (Lipinski definition) is 2. The molecule has 118 valence electrons. The van der Waals surface area contributed by atoms with Gasteiger partial charge in [-0.2, -0.15) is 0 Å². The Bertz CT molecular complexity index is 845. The van der Waals surface area contributed by atoms with E-state index in [4.69, 9.17) is 0 Å². The van der Waals surface area contributed by atoms with Crippen molar-refractivity contribution in [1.29, 1.82) is 0 Å². The first kappa shape index (κ1) is 14.1. The highest BCUT2D eigenvalue weighted by Gasteiger charge is 2.23. The molecule has 6 nitrogen and oxygen atoms in total. The summed E-state index contributed by atoms with van der Waals surface area (Å²) in [4.78, 5) is 13.1. The molecule has 2 atom stereocenters. The van der Waals surface area contributed by atoms with E-state index in [0.29, 0.717) is 29.0 Å². The van der Waals surface area contributed by atoms with Crippen LogP contribution in [0.15, 0.2) is 36.9 Å². The maximum Gasteiger partial charge on any atom is 0.145 e. The molecule has 4 rings (SSSR count). The fourth-order valence-electron chi connectivity index (χ4n) is 2.90. The molecule has 1 fully saturated rings. The van der Waals surface area contributed by atoms with Crippen LogP contribution >= 0.6 is 0 Å². The zero-order chi connectivity index (χ0) is 15.8. The average molecular weight is 312 g/mol. The zero-order valence-corrected chi connectivity index (χ0v) is 12.7. The number of hydrogen-bond acceptors (Lipinski definition) is 5. The SMILES string of the molecule is C[C@H]1CNC[C@H]1Nc1cncc(-c2cnc3ccc(F)cn23)n1. The van der Waals surface area contributed by atoms with Gasteiger partial charge in [0.25, 0.3) is 0 Å². The number of halogens is 1. The Morgan fingerprint density at radius 1 is 1.26 bits per heavy atom. The maximum atomic E-state index is 13.5. The molecule has 0 saturated carbocycles. The van der Waals surface area contributed by atoms with Gasteiger partial charge in [-0.05, 0) is 24.6 Å². The molecule has 0 aromatic carbocycles. The summed E-state index contributed by atoms with van der Waals surface area (Å²) >= 11 is 0. The highest BCUT2D eigenvalue weighted by molar-refractivity contribution is 5.60. The average Bonchev–Trinajstić information content (AvgIpc) is 3.14. The van der Waals surface area contributed by atoms with Crippen LogP contribution in [0, 0.1) is 11.7 Å². The third kappa shape index (κ3) is 2.63. The molecule has 4 heterocycles. The third-order valence-electron chi connectivity index (χ3n) is 4.22. The maximum absolute atomic E-state index is 13.5. The van der Waals surface area contributed by atoms with E-state index < -0.39 is 0 Å². The first-order chi connectivity index (χ1) is 11.2. The number of pyridine rings is 1. The molecule has 7 heteroatoms. The predicted octanol–water partition coefficient (Wildman–Crippen LogP) is 1.95. The molecule has 1 aliphatic rings. The van der Waals surface area contributed by atoms with Crippen LogP contribution in [0.4, 0.5) is 10.2 Å².